The van der Waals surface area contributed by atoms with Crippen LogP contribution in [0.15, 0.2) is 30.5 Å². The van der Waals surface area contributed by atoms with E-state index in [1.165, 1.54) is 0 Å². The second-order valence-corrected chi connectivity index (χ2v) is 4.64. The first-order valence-electron chi connectivity index (χ1n) is 6.24. The molecule has 2 rings (SSSR count). The second-order valence-electron chi connectivity index (χ2n) is 4.23. The quantitative estimate of drug-likeness (QED) is 0.915. The molecule has 0 radical (unpaired) electrons. The summed E-state index contributed by atoms with van der Waals surface area (Å²) < 4.78 is 7.32. The van der Waals surface area contributed by atoms with Crippen molar-refractivity contribution in [2.24, 2.45) is 7.05 Å². The van der Waals surface area contributed by atoms with Crippen molar-refractivity contribution in [1.82, 2.24) is 15.1 Å². The van der Waals surface area contributed by atoms with Crippen LogP contribution in [0.4, 0.5) is 0 Å². The average Bonchev–Trinajstić information content (AvgIpc) is 2.73. The highest BCUT2D eigenvalue weighted by molar-refractivity contribution is 6.31. The van der Waals surface area contributed by atoms with Crippen LogP contribution in [0.25, 0.3) is 0 Å². The molecule has 1 N–H and O–H groups in total. The zero-order valence-corrected chi connectivity index (χ0v) is 12.1. The van der Waals surface area contributed by atoms with Gasteiger partial charge in [-0.05, 0) is 31.7 Å². The van der Waals surface area contributed by atoms with Gasteiger partial charge in [0.05, 0.1) is 29.6 Å². The Bertz CT molecular complexity index is 534. The first kappa shape index (κ1) is 13.9. The van der Waals surface area contributed by atoms with Crippen LogP contribution in [-0.2, 0) is 7.05 Å². The Morgan fingerprint density at radius 2 is 2.26 bits per heavy atom. The number of aromatic nitrogens is 2. The standard InChI is InChI=1S/C14H18ClN3O/c1-4-19-11-7-5-6-10(8-11)13(16-2)14-12(15)9-17-18(14)3/h5-9,13,16H,4H2,1-3H3. The molecule has 1 aromatic heterocycles. The molecule has 0 spiro atoms. The molecule has 1 heterocycles. The maximum absolute atomic E-state index is 6.21. The lowest BCUT2D eigenvalue weighted by molar-refractivity contribution is 0.339. The predicted molar refractivity (Wildman–Crippen MR) is 76.7 cm³/mol. The van der Waals surface area contributed by atoms with Crippen LogP contribution in [0.3, 0.4) is 0 Å². The van der Waals surface area contributed by atoms with Crippen LogP contribution in [0.5, 0.6) is 5.75 Å². The first-order chi connectivity index (χ1) is 9.17. The number of ether oxygens (including phenoxy) is 1. The third kappa shape index (κ3) is 2.91. The van der Waals surface area contributed by atoms with Gasteiger partial charge in [0.25, 0.3) is 0 Å². The molecule has 0 amide bonds. The van der Waals surface area contributed by atoms with E-state index in [1.807, 2.05) is 45.3 Å². The van der Waals surface area contributed by atoms with Crippen LogP contribution in [0.1, 0.15) is 24.2 Å². The number of hydrogen-bond acceptors (Lipinski definition) is 3. The Hall–Kier alpha value is -1.52. The molecule has 2 aromatic rings. The molecule has 1 aromatic carbocycles. The van der Waals surface area contributed by atoms with Gasteiger partial charge in [-0.25, -0.2) is 0 Å². The van der Waals surface area contributed by atoms with Crippen molar-refractivity contribution in [3.8, 4) is 5.75 Å². The van der Waals surface area contributed by atoms with Gasteiger partial charge in [-0.1, -0.05) is 23.7 Å². The third-order valence-corrected chi connectivity index (χ3v) is 3.29. The average molecular weight is 280 g/mol. The van der Waals surface area contributed by atoms with Crippen molar-refractivity contribution in [2.75, 3.05) is 13.7 Å². The summed E-state index contributed by atoms with van der Waals surface area (Å²) in [6.45, 7) is 2.63. The number of rotatable bonds is 5. The van der Waals surface area contributed by atoms with E-state index in [9.17, 15) is 0 Å². The van der Waals surface area contributed by atoms with E-state index in [0.29, 0.717) is 11.6 Å². The Morgan fingerprint density at radius 3 is 2.84 bits per heavy atom. The van der Waals surface area contributed by atoms with E-state index in [1.54, 1.807) is 10.9 Å². The Morgan fingerprint density at radius 1 is 1.47 bits per heavy atom. The van der Waals surface area contributed by atoms with E-state index in [2.05, 4.69) is 10.4 Å². The van der Waals surface area contributed by atoms with Gasteiger partial charge in [-0.2, -0.15) is 5.10 Å². The highest BCUT2D eigenvalue weighted by Gasteiger charge is 2.19. The van der Waals surface area contributed by atoms with Crippen LogP contribution in [0, 0.1) is 0 Å². The fraction of sp³-hybridized carbons (Fsp3) is 0.357. The van der Waals surface area contributed by atoms with E-state index in [-0.39, 0.29) is 6.04 Å². The molecule has 5 heteroatoms. The van der Waals surface area contributed by atoms with E-state index in [4.69, 9.17) is 16.3 Å². The highest BCUT2D eigenvalue weighted by atomic mass is 35.5. The molecule has 0 aliphatic carbocycles. The fourth-order valence-electron chi connectivity index (χ4n) is 2.16. The van der Waals surface area contributed by atoms with E-state index < -0.39 is 0 Å². The molecule has 102 valence electrons. The van der Waals surface area contributed by atoms with Crippen molar-refractivity contribution in [3.05, 3.63) is 46.7 Å². The van der Waals surface area contributed by atoms with Gasteiger partial charge in [-0.15, -0.1) is 0 Å². The zero-order valence-electron chi connectivity index (χ0n) is 11.4. The molecular formula is C14H18ClN3O. The van der Waals surface area contributed by atoms with Crippen LogP contribution in [-0.4, -0.2) is 23.4 Å². The third-order valence-electron chi connectivity index (χ3n) is 3.00. The fourth-order valence-corrected chi connectivity index (χ4v) is 2.43. The second kappa shape index (κ2) is 6.08. The Kier molecular flexibility index (Phi) is 4.45. The number of benzene rings is 1. The highest BCUT2D eigenvalue weighted by Crippen LogP contribution is 2.29. The van der Waals surface area contributed by atoms with Gasteiger partial charge in [0.2, 0.25) is 0 Å². The minimum absolute atomic E-state index is 0.0135. The molecule has 0 saturated carbocycles. The summed E-state index contributed by atoms with van der Waals surface area (Å²) in [6, 6.07) is 7.99. The number of nitrogens with one attached hydrogen (secondary N) is 1. The zero-order chi connectivity index (χ0) is 13.8. The van der Waals surface area contributed by atoms with Crippen molar-refractivity contribution in [2.45, 2.75) is 13.0 Å². The number of halogens is 1. The molecule has 4 nitrogen and oxygen atoms in total. The first-order valence-corrected chi connectivity index (χ1v) is 6.62. The van der Waals surface area contributed by atoms with Gasteiger partial charge >= 0.3 is 0 Å². The topological polar surface area (TPSA) is 39.1 Å². The van der Waals surface area contributed by atoms with Crippen molar-refractivity contribution >= 4 is 11.6 Å². The molecule has 19 heavy (non-hydrogen) atoms. The maximum atomic E-state index is 6.21. The summed E-state index contributed by atoms with van der Waals surface area (Å²) >= 11 is 6.21. The number of hydrogen-bond donors (Lipinski definition) is 1. The van der Waals surface area contributed by atoms with E-state index >= 15 is 0 Å². The molecule has 1 atom stereocenters. The largest absolute Gasteiger partial charge is 0.494 e. The van der Waals surface area contributed by atoms with Gasteiger partial charge in [0, 0.05) is 7.05 Å². The number of aryl methyl sites for hydroxylation is 1. The van der Waals surface area contributed by atoms with Crippen molar-refractivity contribution in [1.29, 1.82) is 0 Å². The molecule has 0 bridgehead atoms. The molecule has 0 aliphatic heterocycles. The normalized spacial score (nSPS) is 12.4. The summed E-state index contributed by atoms with van der Waals surface area (Å²) in [5, 5.41) is 8.11. The SMILES string of the molecule is CCOc1cccc(C(NC)c2c(Cl)cnn2C)c1. The molecular weight excluding hydrogens is 262 g/mol. The summed E-state index contributed by atoms with van der Waals surface area (Å²) in [7, 11) is 3.79. The van der Waals surface area contributed by atoms with Crippen LogP contribution >= 0.6 is 11.6 Å². The van der Waals surface area contributed by atoms with Gasteiger partial charge in [0.1, 0.15) is 5.75 Å². The molecule has 0 saturated heterocycles. The summed E-state index contributed by atoms with van der Waals surface area (Å²) in [5.74, 6) is 0.860. The Balaban J connectivity index is 2.39. The number of nitrogens with zero attached hydrogens (tertiary/aromatic N) is 2. The lowest BCUT2D eigenvalue weighted by Gasteiger charge is -2.18. The summed E-state index contributed by atoms with van der Waals surface area (Å²) in [6.07, 6.45) is 1.66. The van der Waals surface area contributed by atoms with Gasteiger partial charge < -0.3 is 10.1 Å². The monoisotopic (exact) mass is 279 g/mol. The maximum Gasteiger partial charge on any atom is 0.119 e. The van der Waals surface area contributed by atoms with Crippen molar-refractivity contribution < 1.29 is 4.74 Å². The summed E-state index contributed by atoms with van der Waals surface area (Å²) in [4.78, 5) is 0. The minimum atomic E-state index is -0.0135. The molecule has 1 unspecified atom stereocenters. The summed E-state index contributed by atoms with van der Waals surface area (Å²) in [5.41, 5.74) is 2.04. The molecule has 0 fully saturated rings. The van der Waals surface area contributed by atoms with Crippen LogP contribution in [0.2, 0.25) is 5.02 Å². The Labute approximate surface area is 118 Å². The van der Waals surface area contributed by atoms with Gasteiger partial charge in [-0.3, -0.25) is 4.68 Å². The lowest BCUT2D eigenvalue weighted by Crippen LogP contribution is -2.21. The smallest absolute Gasteiger partial charge is 0.119 e. The van der Waals surface area contributed by atoms with Gasteiger partial charge in [0.15, 0.2) is 0 Å². The van der Waals surface area contributed by atoms with Crippen LogP contribution < -0.4 is 10.1 Å². The predicted octanol–water partition coefficient (Wildman–Crippen LogP) is 2.78. The lowest BCUT2D eigenvalue weighted by atomic mass is 10.0. The minimum Gasteiger partial charge on any atom is -0.494 e. The van der Waals surface area contributed by atoms with Crippen molar-refractivity contribution in [3.63, 3.8) is 0 Å². The van der Waals surface area contributed by atoms with E-state index in [0.717, 1.165) is 17.0 Å². The molecule has 0 aliphatic rings.